The van der Waals surface area contributed by atoms with Crippen LogP contribution in [-0.4, -0.2) is 10.4 Å². The quantitative estimate of drug-likeness (QED) is 0.813. The van der Waals surface area contributed by atoms with Crippen LogP contribution < -0.4 is 0 Å². The zero-order valence-electron chi connectivity index (χ0n) is 12.7. The van der Waals surface area contributed by atoms with Crippen molar-refractivity contribution in [2.45, 2.75) is 40.2 Å². The van der Waals surface area contributed by atoms with Crippen molar-refractivity contribution in [2.24, 2.45) is 5.41 Å². The molecule has 0 spiro atoms. The van der Waals surface area contributed by atoms with Crippen LogP contribution in [0.25, 0.3) is 0 Å². The number of Topliss-reactive ketones (excluding diaryl/α,β-unsaturated/α-hetero) is 1. The van der Waals surface area contributed by atoms with Crippen molar-refractivity contribution in [1.82, 2.24) is 4.57 Å². The zero-order chi connectivity index (χ0) is 15.2. The number of hydrogen-bond acceptors (Lipinski definition) is 1. The van der Waals surface area contributed by atoms with Crippen molar-refractivity contribution in [1.29, 1.82) is 0 Å². The van der Waals surface area contributed by atoms with Gasteiger partial charge in [0, 0.05) is 28.9 Å². The summed E-state index contributed by atoms with van der Waals surface area (Å²) in [5.41, 5.74) is 3.53. The molecule has 3 rings (SSSR count). The molecule has 0 unspecified atom stereocenters. The third-order valence-corrected chi connectivity index (χ3v) is 4.29. The molecule has 3 heteroatoms. The third kappa shape index (κ3) is 2.53. The van der Waals surface area contributed by atoms with Crippen molar-refractivity contribution in [3.8, 4) is 0 Å². The minimum Gasteiger partial charge on any atom is -0.344 e. The number of rotatable bonds is 2. The molecule has 2 aromatic rings. The maximum absolute atomic E-state index is 13.9. The second-order valence-electron chi connectivity index (χ2n) is 6.76. The molecule has 21 heavy (non-hydrogen) atoms. The summed E-state index contributed by atoms with van der Waals surface area (Å²) >= 11 is 0. The van der Waals surface area contributed by atoms with Crippen LogP contribution in [0.3, 0.4) is 0 Å². The molecule has 0 atom stereocenters. The van der Waals surface area contributed by atoms with Crippen molar-refractivity contribution in [3.05, 3.63) is 58.7 Å². The molecule has 0 radical (unpaired) electrons. The van der Waals surface area contributed by atoms with Crippen LogP contribution in [0.2, 0.25) is 0 Å². The van der Waals surface area contributed by atoms with Gasteiger partial charge in [-0.15, -0.1) is 0 Å². The van der Waals surface area contributed by atoms with Gasteiger partial charge in [-0.05, 0) is 30.9 Å². The number of benzene rings is 1. The second kappa shape index (κ2) is 4.83. The van der Waals surface area contributed by atoms with E-state index in [9.17, 15) is 9.18 Å². The van der Waals surface area contributed by atoms with Gasteiger partial charge in [-0.3, -0.25) is 4.79 Å². The molecule has 1 heterocycles. The highest BCUT2D eigenvalue weighted by molar-refractivity contribution is 5.99. The van der Waals surface area contributed by atoms with E-state index in [-0.39, 0.29) is 17.0 Å². The van der Waals surface area contributed by atoms with E-state index in [1.54, 1.807) is 12.1 Å². The van der Waals surface area contributed by atoms with Gasteiger partial charge in [0.15, 0.2) is 5.78 Å². The normalized spacial score (nSPS) is 16.9. The van der Waals surface area contributed by atoms with Crippen LogP contribution in [-0.2, 0) is 13.0 Å². The number of aromatic nitrogens is 1. The first-order chi connectivity index (χ1) is 9.87. The second-order valence-corrected chi connectivity index (χ2v) is 6.76. The Kier molecular flexibility index (Phi) is 3.23. The van der Waals surface area contributed by atoms with E-state index in [4.69, 9.17) is 0 Å². The lowest BCUT2D eigenvalue weighted by Crippen LogP contribution is -2.28. The van der Waals surface area contributed by atoms with Gasteiger partial charge >= 0.3 is 0 Å². The molecule has 1 aliphatic carbocycles. The largest absolute Gasteiger partial charge is 0.344 e. The minimum atomic E-state index is -0.194. The molecular formula is C18H20FNO. The molecule has 1 aliphatic rings. The Balaban J connectivity index is 2.05. The Morgan fingerprint density at radius 1 is 1.24 bits per heavy atom. The van der Waals surface area contributed by atoms with Gasteiger partial charge in [-0.1, -0.05) is 32.0 Å². The number of fused-ring (bicyclic) bond motifs is 1. The summed E-state index contributed by atoms with van der Waals surface area (Å²) in [6.07, 6.45) is 1.44. The van der Waals surface area contributed by atoms with Gasteiger partial charge in [0.25, 0.3) is 0 Å². The maximum Gasteiger partial charge on any atom is 0.165 e. The van der Waals surface area contributed by atoms with Gasteiger partial charge in [0.1, 0.15) is 5.82 Å². The van der Waals surface area contributed by atoms with Crippen LogP contribution in [0, 0.1) is 18.2 Å². The van der Waals surface area contributed by atoms with Crippen LogP contribution in [0.5, 0.6) is 0 Å². The first kappa shape index (κ1) is 14.1. The Hall–Kier alpha value is -1.90. The van der Waals surface area contributed by atoms with E-state index < -0.39 is 0 Å². The minimum absolute atomic E-state index is 0.0259. The fourth-order valence-corrected chi connectivity index (χ4v) is 3.22. The summed E-state index contributed by atoms with van der Waals surface area (Å²) < 4.78 is 16.0. The monoisotopic (exact) mass is 285 g/mol. The number of ketones is 1. The Morgan fingerprint density at radius 3 is 2.67 bits per heavy atom. The molecule has 1 aromatic heterocycles. The highest BCUT2D eigenvalue weighted by Crippen LogP contribution is 2.36. The lowest BCUT2D eigenvalue weighted by atomic mass is 9.76. The van der Waals surface area contributed by atoms with Crippen LogP contribution in [0.1, 0.15) is 47.6 Å². The summed E-state index contributed by atoms with van der Waals surface area (Å²) in [4.78, 5) is 12.3. The zero-order valence-corrected chi connectivity index (χ0v) is 12.7. The van der Waals surface area contributed by atoms with Crippen molar-refractivity contribution in [3.63, 3.8) is 0 Å². The molecule has 0 N–H and O–H groups in total. The smallest absolute Gasteiger partial charge is 0.165 e. The average Bonchev–Trinajstić information content (AvgIpc) is 2.69. The SMILES string of the molecule is Cc1cc2c(n1Cc1ccccc1F)CC(C)(C)CC2=O. The van der Waals surface area contributed by atoms with Crippen molar-refractivity contribution >= 4 is 5.78 Å². The summed E-state index contributed by atoms with van der Waals surface area (Å²) in [7, 11) is 0. The van der Waals surface area contributed by atoms with E-state index in [1.165, 1.54) is 6.07 Å². The van der Waals surface area contributed by atoms with Gasteiger partial charge < -0.3 is 4.57 Å². The molecule has 0 saturated heterocycles. The molecule has 0 bridgehead atoms. The Bertz CT molecular complexity index is 712. The predicted molar refractivity (Wildman–Crippen MR) is 81.1 cm³/mol. The van der Waals surface area contributed by atoms with E-state index in [0.29, 0.717) is 18.5 Å². The molecule has 0 amide bonds. The number of carbonyl (C=O) groups is 1. The molecule has 2 nitrogen and oxygen atoms in total. The van der Waals surface area contributed by atoms with Gasteiger partial charge in [-0.25, -0.2) is 4.39 Å². The van der Waals surface area contributed by atoms with Crippen LogP contribution >= 0.6 is 0 Å². The van der Waals surface area contributed by atoms with Gasteiger partial charge in [0.2, 0.25) is 0 Å². The fraction of sp³-hybridized carbons (Fsp3) is 0.389. The fourth-order valence-electron chi connectivity index (χ4n) is 3.22. The summed E-state index contributed by atoms with van der Waals surface area (Å²) in [6, 6.07) is 8.78. The first-order valence-electron chi connectivity index (χ1n) is 7.33. The lowest BCUT2D eigenvalue weighted by molar-refractivity contribution is 0.0910. The number of carbonyl (C=O) groups excluding carboxylic acids is 1. The topological polar surface area (TPSA) is 22.0 Å². The maximum atomic E-state index is 13.9. The number of halogens is 1. The van der Waals surface area contributed by atoms with Gasteiger partial charge in [-0.2, -0.15) is 0 Å². The first-order valence-corrected chi connectivity index (χ1v) is 7.33. The molecule has 0 fully saturated rings. The van der Waals surface area contributed by atoms with Crippen molar-refractivity contribution in [2.75, 3.05) is 0 Å². The molecule has 1 aromatic carbocycles. The Labute approximate surface area is 124 Å². The van der Waals surface area contributed by atoms with Crippen LogP contribution in [0.4, 0.5) is 4.39 Å². The van der Waals surface area contributed by atoms with E-state index >= 15 is 0 Å². The summed E-state index contributed by atoms with van der Waals surface area (Å²) in [6.45, 7) is 6.70. The van der Waals surface area contributed by atoms with E-state index in [0.717, 1.165) is 23.4 Å². The third-order valence-electron chi connectivity index (χ3n) is 4.29. The van der Waals surface area contributed by atoms with Crippen LogP contribution in [0.15, 0.2) is 30.3 Å². The van der Waals surface area contributed by atoms with E-state index in [1.807, 2.05) is 19.1 Å². The highest BCUT2D eigenvalue weighted by atomic mass is 19.1. The molecule has 0 saturated carbocycles. The number of hydrogen-bond donors (Lipinski definition) is 0. The van der Waals surface area contributed by atoms with Gasteiger partial charge in [0.05, 0.1) is 6.54 Å². The molecular weight excluding hydrogens is 265 g/mol. The Morgan fingerprint density at radius 2 is 1.95 bits per heavy atom. The summed E-state index contributed by atoms with van der Waals surface area (Å²) in [5.74, 6) is 0.0115. The highest BCUT2D eigenvalue weighted by Gasteiger charge is 2.33. The standard InChI is InChI=1S/C18H20FNO/c1-12-8-14-16(9-18(2,3)10-17(14)21)20(12)11-13-6-4-5-7-15(13)19/h4-8H,9-11H2,1-3H3. The van der Waals surface area contributed by atoms with E-state index in [2.05, 4.69) is 18.4 Å². The number of aryl methyl sites for hydroxylation is 1. The molecule has 110 valence electrons. The lowest BCUT2D eigenvalue weighted by Gasteiger charge is -2.30. The van der Waals surface area contributed by atoms with Crippen molar-refractivity contribution < 1.29 is 9.18 Å². The average molecular weight is 285 g/mol. The predicted octanol–water partition coefficient (Wildman–Crippen LogP) is 4.14. The molecule has 0 aliphatic heterocycles. The summed E-state index contributed by atoms with van der Waals surface area (Å²) in [5, 5.41) is 0. The number of nitrogens with zero attached hydrogens (tertiary/aromatic N) is 1.